The monoisotopic (exact) mass is 185 g/mol. The van der Waals surface area contributed by atoms with Crippen molar-refractivity contribution in [2.45, 2.75) is 26.2 Å². The number of rotatable bonds is 1. The molecule has 0 spiro atoms. The maximum absolute atomic E-state index is 8.37. The van der Waals surface area contributed by atoms with Crippen molar-refractivity contribution in [3.8, 4) is 6.07 Å². The Morgan fingerprint density at radius 2 is 1.71 bits per heavy atom. The van der Waals surface area contributed by atoms with Crippen LogP contribution in [0.1, 0.15) is 31.9 Å². The number of hydrogen-bond acceptors (Lipinski definition) is 1. The van der Waals surface area contributed by atoms with E-state index in [0.29, 0.717) is 0 Å². The third kappa shape index (κ3) is 2.74. The van der Waals surface area contributed by atoms with Gasteiger partial charge in [-0.3, -0.25) is 0 Å². The van der Waals surface area contributed by atoms with Crippen molar-refractivity contribution in [1.82, 2.24) is 0 Å². The average Bonchev–Trinajstić information content (AvgIpc) is 2.14. The fourth-order valence-corrected chi connectivity index (χ4v) is 1.23. The molecule has 1 rings (SSSR count). The SMILES string of the molecule is CC(C)(C)c1ccc(/C=C\C#N)cc1. The Hall–Kier alpha value is -1.55. The summed E-state index contributed by atoms with van der Waals surface area (Å²) in [7, 11) is 0. The van der Waals surface area contributed by atoms with Crippen molar-refractivity contribution < 1.29 is 0 Å². The van der Waals surface area contributed by atoms with E-state index in [2.05, 4.69) is 32.9 Å². The van der Waals surface area contributed by atoms with Gasteiger partial charge in [-0.15, -0.1) is 0 Å². The van der Waals surface area contributed by atoms with E-state index in [-0.39, 0.29) is 5.41 Å². The molecule has 0 unspecified atom stereocenters. The normalized spacial score (nSPS) is 11.6. The highest BCUT2D eigenvalue weighted by Crippen LogP contribution is 2.22. The highest BCUT2D eigenvalue weighted by atomic mass is 14.2. The molecule has 0 N–H and O–H groups in total. The van der Waals surface area contributed by atoms with E-state index < -0.39 is 0 Å². The van der Waals surface area contributed by atoms with E-state index in [9.17, 15) is 0 Å². The van der Waals surface area contributed by atoms with Gasteiger partial charge in [-0.05, 0) is 22.6 Å². The summed E-state index contributed by atoms with van der Waals surface area (Å²) in [6.45, 7) is 6.56. The van der Waals surface area contributed by atoms with Gasteiger partial charge >= 0.3 is 0 Å². The molecule has 1 aromatic carbocycles. The van der Waals surface area contributed by atoms with Gasteiger partial charge in [0.15, 0.2) is 0 Å². The summed E-state index contributed by atoms with van der Waals surface area (Å²) in [6.07, 6.45) is 3.30. The molecule has 0 radical (unpaired) electrons. The second kappa shape index (κ2) is 4.11. The molecule has 0 aromatic heterocycles. The van der Waals surface area contributed by atoms with Crippen molar-refractivity contribution in [3.63, 3.8) is 0 Å². The van der Waals surface area contributed by atoms with Gasteiger partial charge in [0.05, 0.1) is 6.07 Å². The second-order valence-electron chi connectivity index (χ2n) is 4.33. The molecule has 0 saturated carbocycles. The van der Waals surface area contributed by atoms with Gasteiger partial charge in [0.25, 0.3) is 0 Å². The predicted molar refractivity (Wildman–Crippen MR) is 59.8 cm³/mol. The van der Waals surface area contributed by atoms with Crippen molar-refractivity contribution in [2.24, 2.45) is 0 Å². The van der Waals surface area contributed by atoms with Gasteiger partial charge in [-0.2, -0.15) is 5.26 Å². The number of allylic oxidation sites excluding steroid dienone is 1. The van der Waals surface area contributed by atoms with Crippen LogP contribution in [0.15, 0.2) is 30.3 Å². The van der Waals surface area contributed by atoms with Gasteiger partial charge in [0.2, 0.25) is 0 Å². The smallest absolute Gasteiger partial charge is 0.0912 e. The first kappa shape index (κ1) is 10.5. The first-order valence-electron chi connectivity index (χ1n) is 4.71. The highest BCUT2D eigenvalue weighted by molar-refractivity contribution is 5.52. The lowest BCUT2D eigenvalue weighted by atomic mass is 9.87. The molecule has 0 aliphatic rings. The molecular formula is C13H15N. The molecule has 1 heteroatoms. The Kier molecular flexibility index (Phi) is 3.09. The Morgan fingerprint density at radius 1 is 1.14 bits per heavy atom. The molecule has 1 aromatic rings. The number of hydrogen-bond donors (Lipinski definition) is 0. The van der Waals surface area contributed by atoms with Crippen molar-refractivity contribution in [3.05, 3.63) is 41.5 Å². The van der Waals surface area contributed by atoms with Crippen molar-refractivity contribution in [2.75, 3.05) is 0 Å². The minimum Gasteiger partial charge on any atom is -0.193 e. The molecule has 0 bridgehead atoms. The third-order valence-electron chi connectivity index (χ3n) is 2.13. The molecule has 0 atom stereocenters. The molecule has 0 aliphatic carbocycles. The van der Waals surface area contributed by atoms with Crippen LogP contribution in [0.4, 0.5) is 0 Å². The number of nitrogens with zero attached hydrogens (tertiary/aromatic N) is 1. The van der Waals surface area contributed by atoms with E-state index in [1.54, 1.807) is 0 Å². The highest BCUT2D eigenvalue weighted by Gasteiger charge is 2.12. The zero-order chi connectivity index (χ0) is 10.6. The molecule has 0 amide bonds. The van der Waals surface area contributed by atoms with Crippen molar-refractivity contribution in [1.29, 1.82) is 5.26 Å². The van der Waals surface area contributed by atoms with Crippen LogP contribution in [-0.2, 0) is 5.41 Å². The molecule has 0 aliphatic heterocycles. The summed E-state index contributed by atoms with van der Waals surface area (Å²) in [5, 5.41) is 8.37. The van der Waals surface area contributed by atoms with Gasteiger partial charge in [-0.25, -0.2) is 0 Å². The first-order valence-corrected chi connectivity index (χ1v) is 4.71. The summed E-state index contributed by atoms with van der Waals surface area (Å²) in [5.41, 5.74) is 2.57. The maximum Gasteiger partial charge on any atom is 0.0912 e. The van der Waals surface area contributed by atoms with E-state index in [4.69, 9.17) is 5.26 Å². The zero-order valence-electron chi connectivity index (χ0n) is 8.91. The van der Waals surface area contributed by atoms with Crippen LogP contribution >= 0.6 is 0 Å². The van der Waals surface area contributed by atoms with Gasteiger partial charge in [0, 0.05) is 6.08 Å². The Balaban J connectivity index is 2.91. The van der Waals surface area contributed by atoms with E-state index >= 15 is 0 Å². The quantitative estimate of drug-likeness (QED) is 0.614. The van der Waals surface area contributed by atoms with Crippen LogP contribution in [0.3, 0.4) is 0 Å². The summed E-state index contributed by atoms with van der Waals surface area (Å²) in [6, 6.07) is 10.3. The van der Waals surface area contributed by atoms with E-state index in [0.717, 1.165) is 5.56 Å². The molecule has 0 fully saturated rings. The summed E-state index contributed by atoms with van der Waals surface area (Å²) in [4.78, 5) is 0. The summed E-state index contributed by atoms with van der Waals surface area (Å²) >= 11 is 0. The van der Waals surface area contributed by atoms with Crippen LogP contribution in [0.5, 0.6) is 0 Å². The number of nitriles is 1. The lowest BCUT2D eigenvalue weighted by molar-refractivity contribution is 0.590. The summed E-state index contributed by atoms with van der Waals surface area (Å²) < 4.78 is 0. The van der Waals surface area contributed by atoms with Crippen LogP contribution in [0.2, 0.25) is 0 Å². The molecule has 0 heterocycles. The molecule has 14 heavy (non-hydrogen) atoms. The minimum atomic E-state index is 0.192. The Bertz CT molecular complexity index is 358. The third-order valence-corrected chi connectivity index (χ3v) is 2.13. The minimum absolute atomic E-state index is 0.192. The summed E-state index contributed by atoms with van der Waals surface area (Å²) in [5.74, 6) is 0. The lowest BCUT2D eigenvalue weighted by Crippen LogP contribution is -2.10. The van der Waals surface area contributed by atoms with Gasteiger partial charge < -0.3 is 0 Å². The van der Waals surface area contributed by atoms with Crippen LogP contribution < -0.4 is 0 Å². The fraction of sp³-hybridized carbons (Fsp3) is 0.308. The van der Waals surface area contributed by atoms with Crippen LogP contribution in [-0.4, -0.2) is 0 Å². The predicted octanol–water partition coefficient (Wildman–Crippen LogP) is 3.52. The number of benzene rings is 1. The molecule has 0 saturated heterocycles. The maximum atomic E-state index is 8.37. The first-order chi connectivity index (χ1) is 6.54. The average molecular weight is 185 g/mol. The molecule has 1 nitrogen and oxygen atoms in total. The standard InChI is InChI=1S/C13H15N/c1-13(2,3)12-8-6-11(7-9-12)5-4-10-14/h4-9H,1-3H3/b5-4-. The molecule has 72 valence electrons. The Morgan fingerprint density at radius 3 is 2.14 bits per heavy atom. The fourth-order valence-electron chi connectivity index (χ4n) is 1.23. The topological polar surface area (TPSA) is 23.8 Å². The van der Waals surface area contributed by atoms with E-state index in [1.807, 2.05) is 24.3 Å². The van der Waals surface area contributed by atoms with Crippen molar-refractivity contribution >= 4 is 6.08 Å². The lowest BCUT2D eigenvalue weighted by Gasteiger charge is -2.18. The zero-order valence-corrected chi connectivity index (χ0v) is 8.91. The Labute approximate surface area is 85.7 Å². The van der Waals surface area contributed by atoms with Crippen LogP contribution in [0, 0.1) is 11.3 Å². The van der Waals surface area contributed by atoms with Gasteiger partial charge in [-0.1, -0.05) is 45.0 Å². The van der Waals surface area contributed by atoms with Gasteiger partial charge in [0.1, 0.15) is 0 Å². The molecular weight excluding hydrogens is 170 g/mol. The largest absolute Gasteiger partial charge is 0.193 e. The van der Waals surface area contributed by atoms with E-state index in [1.165, 1.54) is 11.6 Å². The van der Waals surface area contributed by atoms with Crippen LogP contribution in [0.25, 0.3) is 6.08 Å². The second-order valence-corrected chi connectivity index (χ2v) is 4.33.